The van der Waals surface area contributed by atoms with Crippen LogP contribution in [0.15, 0.2) is 18.2 Å². The van der Waals surface area contributed by atoms with Gasteiger partial charge in [-0.15, -0.1) is 0 Å². The van der Waals surface area contributed by atoms with Gasteiger partial charge in [-0.3, -0.25) is 0 Å². The van der Waals surface area contributed by atoms with Crippen LogP contribution in [-0.4, -0.2) is 12.6 Å². The summed E-state index contributed by atoms with van der Waals surface area (Å²) in [6.45, 7) is 8.39. The van der Waals surface area contributed by atoms with Crippen LogP contribution in [0.25, 0.3) is 0 Å². The van der Waals surface area contributed by atoms with Gasteiger partial charge < -0.3 is 4.74 Å². The lowest BCUT2D eigenvalue weighted by Gasteiger charge is -2.10. The van der Waals surface area contributed by atoms with Gasteiger partial charge in [0, 0.05) is 0 Å². The van der Waals surface area contributed by atoms with Gasteiger partial charge in [-0.25, -0.2) is 4.79 Å². The van der Waals surface area contributed by atoms with E-state index >= 15 is 0 Å². The van der Waals surface area contributed by atoms with Crippen LogP contribution in [-0.2, 0) is 4.74 Å². The SMILES string of the molecule is CCOC(=O)c1cc(C(C)C)ccc1C. The lowest BCUT2D eigenvalue weighted by Crippen LogP contribution is -2.07. The average Bonchev–Trinajstić information content (AvgIpc) is 2.18. The molecule has 0 aliphatic rings. The molecule has 1 aromatic rings. The van der Waals surface area contributed by atoms with E-state index in [4.69, 9.17) is 4.74 Å². The van der Waals surface area contributed by atoms with E-state index in [1.165, 1.54) is 5.56 Å². The quantitative estimate of drug-likeness (QED) is 0.709. The number of hydrogen-bond donors (Lipinski definition) is 0. The van der Waals surface area contributed by atoms with E-state index in [0.717, 1.165) is 5.56 Å². The summed E-state index contributed by atoms with van der Waals surface area (Å²) >= 11 is 0. The summed E-state index contributed by atoms with van der Waals surface area (Å²) in [5, 5.41) is 0. The van der Waals surface area contributed by atoms with Crippen molar-refractivity contribution >= 4 is 5.97 Å². The molecule has 0 saturated heterocycles. The van der Waals surface area contributed by atoms with Gasteiger partial charge in [-0.2, -0.15) is 0 Å². The predicted octanol–water partition coefficient (Wildman–Crippen LogP) is 3.30. The van der Waals surface area contributed by atoms with Gasteiger partial charge in [-0.1, -0.05) is 26.0 Å². The molecule has 82 valence electrons. The number of benzene rings is 1. The topological polar surface area (TPSA) is 26.3 Å². The summed E-state index contributed by atoms with van der Waals surface area (Å²) in [7, 11) is 0. The maximum atomic E-state index is 11.6. The molecule has 0 amide bonds. The Labute approximate surface area is 91.3 Å². The van der Waals surface area contributed by atoms with Crippen molar-refractivity contribution in [2.24, 2.45) is 0 Å². The number of carbonyl (C=O) groups is 1. The van der Waals surface area contributed by atoms with Crippen molar-refractivity contribution in [3.8, 4) is 0 Å². The number of rotatable bonds is 3. The maximum Gasteiger partial charge on any atom is 0.338 e. The number of ether oxygens (including phenoxy) is 1. The molecule has 0 atom stereocenters. The maximum absolute atomic E-state index is 11.6. The smallest absolute Gasteiger partial charge is 0.338 e. The third kappa shape index (κ3) is 2.82. The van der Waals surface area contributed by atoms with Crippen LogP contribution in [0, 0.1) is 6.92 Å². The second-order valence-electron chi connectivity index (χ2n) is 3.95. The largest absolute Gasteiger partial charge is 0.462 e. The molecule has 0 saturated carbocycles. The van der Waals surface area contributed by atoms with Crippen molar-refractivity contribution in [3.05, 3.63) is 34.9 Å². The lowest BCUT2D eigenvalue weighted by atomic mass is 9.98. The van der Waals surface area contributed by atoms with Crippen LogP contribution >= 0.6 is 0 Å². The van der Waals surface area contributed by atoms with E-state index < -0.39 is 0 Å². The zero-order chi connectivity index (χ0) is 11.4. The zero-order valence-electron chi connectivity index (χ0n) is 9.83. The summed E-state index contributed by atoms with van der Waals surface area (Å²) < 4.78 is 5.00. The Morgan fingerprint density at radius 1 is 1.40 bits per heavy atom. The standard InChI is InChI=1S/C13H18O2/c1-5-15-13(14)12-8-11(9(2)3)7-6-10(12)4/h6-9H,5H2,1-4H3. The third-order valence-corrected chi connectivity index (χ3v) is 2.42. The highest BCUT2D eigenvalue weighted by molar-refractivity contribution is 5.91. The molecule has 2 heteroatoms. The van der Waals surface area contributed by atoms with Crippen LogP contribution in [0.3, 0.4) is 0 Å². The summed E-state index contributed by atoms with van der Waals surface area (Å²) in [6.07, 6.45) is 0. The van der Waals surface area contributed by atoms with Crippen molar-refractivity contribution in [1.82, 2.24) is 0 Å². The molecule has 0 aliphatic carbocycles. The summed E-state index contributed by atoms with van der Waals surface area (Å²) in [4.78, 5) is 11.6. The Hall–Kier alpha value is -1.31. The van der Waals surface area contributed by atoms with Crippen LogP contribution in [0.5, 0.6) is 0 Å². The predicted molar refractivity (Wildman–Crippen MR) is 61.2 cm³/mol. The van der Waals surface area contributed by atoms with Crippen molar-refractivity contribution in [2.75, 3.05) is 6.61 Å². The second kappa shape index (κ2) is 4.96. The number of carbonyl (C=O) groups excluding carboxylic acids is 1. The summed E-state index contributed by atoms with van der Waals surface area (Å²) in [5.74, 6) is 0.205. The highest BCUT2D eigenvalue weighted by Gasteiger charge is 2.11. The van der Waals surface area contributed by atoms with Crippen molar-refractivity contribution in [3.63, 3.8) is 0 Å². The van der Waals surface area contributed by atoms with Gasteiger partial charge in [-0.05, 0) is 37.0 Å². The van der Waals surface area contributed by atoms with E-state index in [1.807, 2.05) is 26.0 Å². The fraction of sp³-hybridized carbons (Fsp3) is 0.462. The van der Waals surface area contributed by atoms with Crippen LogP contribution < -0.4 is 0 Å². The van der Waals surface area contributed by atoms with Gasteiger partial charge in [0.1, 0.15) is 0 Å². The van der Waals surface area contributed by atoms with Gasteiger partial charge >= 0.3 is 5.97 Å². The minimum absolute atomic E-state index is 0.225. The molecule has 0 bridgehead atoms. The molecule has 2 nitrogen and oxygen atoms in total. The fourth-order valence-electron chi connectivity index (χ4n) is 1.43. The van der Waals surface area contributed by atoms with E-state index in [2.05, 4.69) is 19.9 Å². The molecule has 0 N–H and O–H groups in total. The Morgan fingerprint density at radius 3 is 2.60 bits per heavy atom. The van der Waals surface area contributed by atoms with Crippen molar-refractivity contribution in [2.45, 2.75) is 33.6 Å². The third-order valence-electron chi connectivity index (χ3n) is 2.42. The molecule has 15 heavy (non-hydrogen) atoms. The molecule has 1 aromatic carbocycles. The Kier molecular flexibility index (Phi) is 3.89. The molecule has 0 spiro atoms. The normalized spacial score (nSPS) is 10.5. The fourth-order valence-corrected chi connectivity index (χ4v) is 1.43. The molecule has 1 rings (SSSR count). The molecule has 0 radical (unpaired) electrons. The minimum atomic E-state index is -0.225. The average molecular weight is 206 g/mol. The first kappa shape index (κ1) is 11.8. The highest BCUT2D eigenvalue weighted by Crippen LogP contribution is 2.19. The van der Waals surface area contributed by atoms with Gasteiger partial charge in [0.25, 0.3) is 0 Å². The Morgan fingerprint density at radius 2 is 2.07 bits per heavy atom. The number of hydrogen-bond acceptors (Lipinski definition) is 2. The Bertz CT molecular complexity index is 354. The van der Waals surface area contributed by atoms with E-state index in [0.29, 0.717) is 18.1 Å². The van der Waals surface area contributed by atoms with Crippen LogP contribution in [0.2, 0.25) is 0 Å². The molecule has 0 aromatic heterocycles. The number of esters is 1. The first-order valence-corrected chi connectivity index (χ1v) is 5.34. The van der Waals surface area contributed by atoms with Gasteiger partial charge in [0.2, 0.25) is 0 Å². The molecular formula is C13H18O2. The zero-order valence-corrected chi connectivity index (χ0v) is 9.83. The molecular weight excluding hydrogens is 188 g/mol. The monoisotopic (exact) mass is 206 g/mol. The minimum Gasteiger partial charge on any atom is -0.462 e. The van der Waals surface area contributed by atoms with Crippen molar-refractivity contribution in [1.29, 1.82) is 0 Å². The first-order chi connectivity index (χ1) is 7.06. The molecule has 0 unspecified atom stereocenters. The molecule has 0 heterocycles. The van der Waals surface area contributed by atoms with E-state index in [1.54, 1.807) is 0 Å². The molecule has 0 fully saturated rings. The second-order valence-corrected chi connectivity index (χ2v) is 3.95. The summed E-state index contributed by atoms with van der Waals surface area (Å²) in [6, 6.07) is 5.96. The Balaban J connectivity index is 3.05. The first-order valence-electron chi connectivity index (χ1n) is 5.34. The number of aryl methyl sites for hydroxylation is 1. The highest BCUT2D eigenvalue weighted by atomic mass is 16.5. The van der Waals surface area contributed by atoms with Crippen molar-refractivity contribution < 1.29 is 9.53 Å². The van der Waals surface area contributed by atoms with E-state index in [-0.39, 0.29) is 5.97 Å². The van der Waals surface area contributed by atoms with E-state index in [9.17, 15) is 4.79 Å². The molecule has 0 aliphatic heterocycles. The van der Waals surface area contributed by atoms with Gasteiger partial charge in [0.15, 0.2) is 0 Å². The van der Waals surface area contributed by atoms with Crippen LogP contribution in [0.1, 0.15) is 48.2 Å². The lowest BCUT2D eigenvalue weighted by molar-refractivity contribution is 0.0525. The summed E-state index contributed by atoms with van der Waals surface area (Å²) in [5.41, 5.74) is 2.82. The van der Waals surface area contributed by atoms with Gasteiger partial charge in [0.05, 0.1) is 12.2 Å². The van der Waals surface area contributed by atoms with Crippen LogP contribution in [0.4, 0.5) is 0 Å².